The van der Waals surface area contributed by atoms with Gasteiger partial charge in [0.25, 0.3) is 0 Å². The fourth-order valence-corrected chi connectivity index (χ4v) is 8.34. The lowest BCUT2D eigenvalue weighted by molar-refractivity contribution is -0.694. The molecular weight excluding hydrogens is 577 g/mol. The lowest BCUT2D eigenvalue weighted by Crippen LogP contribution is -2.37. The molecule has 4 heterocycles. The molecule has 4 nitrogen and oxygen atoms in total. The highest BCUT2D eigenvalue weighted by atomic mass is 33.1. The molecule has 230 valence electrons. The van der Waals surface area contributed by atoms with E-state index in [1.807, 2.05) is 21.6 Å². The summed E-state index contributed by atoms with van der Waals surface area (Å²) in [5, 5.41) is 0. The van der Waals surface area contributed by atoms with Gasteiger partial charge in [0.15, 0.2) is 12.7 Å². The zero-order chi connectivity index (χ0) is 29.8. The Morgan fingerprint density at radius 1 is 0.727 bits per heavy atom. The first-order valence-electron chi connectivity index (χ1n) is 16.5. The second kappa shape index (κ2) is 16.3. The lowest BCUT2D eigenvalue weighted by atomic mass is 10.0. The fourth-order valence-electron chi connectivity index (χ4n) is 6.39. The van der Waals surface area contributed by atoms with Crippen molar-refractivity contribution in [1.82, 2.24) is 9.80 Å². The predicted molar refractivity (Wildman–Crippen MR) is 193 cm³/mol. The van der Waals surface area contributed by atoms with Crippen molar-refractivity contribution in [3.05, 3.63) is 119 Å². The first kappa shape index (κ1) is 30.9. The number of aryl methyl sites for hydroxylation is 1. The van der Waals surface area contributed by atoms with Gasteiger partial charge in [-0.15, -0.1) is 0 Å². The number of hydrogen-bond acceptors (Lipinski definition) is 5. The summed E-state index contributed by atoms with van der Waals surface area (Å²) in [6.45, 7) is 7.93. The van der Waals surface area contributed by atoms with Crippen LogP contribution in [0.4, 0.5) is 5.69 Å². The molecule has 1 aliphatic carbocycles. The van der Waals surface area contributed by atoms with E-state index in [1.54, 1.807) is 0 Å². The quantitative estimate of drug-likeness (QED) is 0.127. The van der Waals surface area contributed by atoms with E-state index >= 15 is 0 Å². The van der Waals surface area contributed by atoms with E-state index in [9.17, 15) is 0 Å². The third-order valence-corrected chi connectivity index (χ3v) is 11.3. The van der Waals surface area contributed by atoms with E-state index in [4.69, 9.17) is 0 Å². The van der Waals surface area contributed by atoms with Crippen LogP contribution in [0.3, 0.4) is 0 Å². The van der Waals surface area contributed by atoms with Gasteiger partial charge in [-0.05, 0) is 86.1 Å². The molecule has 1 aromatic carbocycles. The van der Waals surface area contributed by atoms with Crippen LogP contribution in [0.5, 0.6) is 0 Å². The number of benzene rings is 1. The van der Waals surface area contributed by atoms with Gasteiger partial charge in [0.2, 0.25) is 5.69 Å². The minimum Gasteiger partial charge on any atom is -0.375 e. The van der Waals surface area contributed by atoms with Crippen LogP contribution in [0, 0.1) is 0 Å². The number of hydrogen-bond donors (Lipinski definition) is 0. The Kier molecular flexibility index (Phi) is 11.4. The number of rotatable bonds is 13. The smallest absolute Gasteiger partial charge is 0.205 e. The van der Waals surface area contributed by atoms with Crippen LogP contribution in [-0.4, -0.2) is 60.6 Å². The maximum Gasteiger partial charge on any atom is 0.205 e. The second-order valence-electron chi connectivity index (χ2n) is 12.0. The normalized spacial score (nSPS) is 18.9. The SMILES string of the molecule is C1=CCN(CCSSCC[n+]2ccccc2/C=C/C2=CC=C(N3CCCC3)CC2)C(/C=C/c2ccc(N3CCCC3)cc2)=C1. The second-order valence-corrected chi connectivity index (χ2v) is 14.7. The molecule has 4 aliphatic rings. The molecule has 0 atom stereocenters. The van der Waals surface area contributed by atoms with Crippen molar-refractivity contribution in [2.75, 3.05) is 55.7 Å². The first-order chi connectivity index (χ1) is 21.8. The Hall–Kier alpha value is -3.09. The van der Waals surface area contributed by atoms with Gasteiger partial charge in [0.05, 0.1) is 5.75 Å². The number of nitrogens with zero attached hydrogens (tertiary/aromatic N) is 4. The monoisotopic (exact) mass is 623 g/mol. The largest absolute Gasteiger partial charge is 0.375 e. The van der Waals surface area contributed by atoms with Crippen molar-refractivity contribution in [3.8, 4) is 0 Å². The lowest BCUT2D eigenvalue weighted by Gasteiger charge is -2.26. The summed E-state index contributed by atoms with van der Waals surface area (Å²) in [7, 11) is 3.98. The number of pyridine rings is 1. The van der Waals surface area contributed by atoms with Gasteiger partial charge < -0.3 is 14.7 Å². The highest BCUT2D eigenvalue weighted by molar-refractivity contribution is 8.76. The Bertz CT molecular complexity index is 1410. The molecule has 0 bridgehead atoms. The molecule has 0 unspecified atom stereocenters. The molecule has 1 aromatic heterocycles. The molecule has 6 heteroatoms. The van der Waals surface area contributed by atoms with Crippen molar-refractivity contribution >= 4 is 39.4 Å². The number of likely N-dealkylation sites (tertiary alicyclic amines) is 1. The van der Waals surface area contributed by atoms with Crippen LogP contribution in [0.15, 0.2) is 108 Å². The summed E-state index contributed by atoms with van der Waals surface area (Å²) < 4.78 is 2.39. The topological polar surface area (TPSA) is 13.6 Å². The summed E-state index contributed by atoms with van der Waals surface area (Å²) in [6, 6.07) is 15.6. The van der Waals surface area contributed by atoms with E-state index in [0.29, 0.717) is 0 Å². The van der Waals surface area contributed by atoms with Gasteiger partial charge >= 0.3 is 0 Å². The maximum atomic E-state index is 2.57. The first-order valence-corrected chi connectivity index (χ1v) is 19.0. The molecule has 2 aromatic rings. The van der Waals surface area contributed by atoms with E-state index in [1.165, 1.54) is 92.2 Å². The molecule has 6 rings (SSSR count). The van der Waals surface area contributed by atoms with E-state index in [-0.39, 0.29) is 0 Å². The molecule has 2 fully saturated rings. The standard InChI is InChI=1S/C38H47N4S2/c1-3-23-41(35(9-1)17-11-33-13-19-37(20-14-33)39-25-5-6-26-39)29-31-43-44-32-30-42-24-4-2-10-36(42)18-12-34-15-21-38(22-16-34)40-27-7-8-28-40/h1-4,9-15,17-21,24H,5-8,16,22-23,25-32H2/q+1/b17-11+. The Morgan fingerprint density at radius 3 is 2.32 bits per heavy atom. The fraction of sp³-hybridized carbons (Fsp3) is 0.395. The average molecular weight is 624 g/mol. The van der Waals surface area contributed by atoms with Crippen molar-refractivity contribution in [1.29, 1.82) is 0 Å². The molecule has 3 aliphatic heterocycles. The average Bonchev–Trinajstić information content (AvgIpc) is 3.82. The molecule has 0 radical (unpaired) electrons. The van der Waals surface area contributed by atoms with Crippen LogP contribution in [0.2, 0.25) is 0 Å². The summed E-state index contributed by atoms with van der Waals surface area (Å²) in [4.78, 5) is 7.55. The third kappa shape index (κ3) is 8.76. The highest BCUT2D eigenvalue weighted by Crippen LogP contribution is 2.26. The number of aromatic nitrogens is 1. The molecule has 0 spiro atoms. The van der Waals surface area contributed by atoms with Gasteiger partial charge in [-0.1, -0.05) is 64.1 Å². The van der Waals surface area contributed by atoms with Crippen LogP contribution in [0.25, 0.3) is 12.2 Å². The summed E-state index contributed by atoms with van der Waals surface area (Å²) in [5.74, 6) is 2.21. The van der Waals surface area contributed by atoms with Crippen LogP contribution in [-0.2, 0) is 6.54 Å². The third-order valence-electron chi connectivity index (χ3n) is 8.96. The van der Waals surface area contributed by atoms with E-state index in [2.05, 4.69) is 123 Å². The molecule has 2 saturated heterocycles. The Labute approximate surface area is 273 Å². The molecular formula is C38H47N4S2+. The summed E-state index contributed by atoms with van der Waals surface area (Å²) >= 11 is 0. The van der Waals surface area contributed by atoms with Crippen molar-refractivity contribution < 1.29 is 4.57 Å². The maximum absolute atomic E-state index is 2.57. The van der Waals surface area contributed by atoms with Crippen molar-refractivity contribution in [2.45, 2.75) is 45.1 Å². The summed E-state index contributed by atoms with van der Waals surface area (Å²) in [5.41, 5.74) is 8.16. The zero-order valence-electron chi connectivity index (χ0n) is 26.0. The summed E-state index contributed by atoms with van der Waals surface area (Å²) in [6.07, 6.45) is 30.4. The van der Waals surface area contributed by atoms with Crippen LogP contribution < -0.4 is 9.47 Å². The highest BCUT2D eigenvalue weighted by Gasteiger charge is 2.17. The van der Waals surface area contributed by atoms with Gasteiger partial charge in [-0.2, -0.15) is 4.57 Å². The predicted octanol–water partition coefficient (Wildman–Crippen LogP) is 8.14. The van der Waals surface area contributed by atoms with Gasteiger partial charge in [-0.25, -0.2) is 0 Å². The minimum absolute atomic E-state index is 0.983. The van der Waals surface area contributed by atoms with Crippen LogP contribution >= 0.6 is 21.6 Å². The van der Waals surface area contributed by atoms with Crippen molar-refractivity contribution in [3.63, 3.8) is 0 Å². The van der Waals surface area contributed by atoms with Gasteiger partial charge in [0.1, 0.15) is 0 Å². The van der Waals surface area contributed by atoms with E-state index < -0.39 is 0 Å². The Morgan fingerprint density at radius 2 is 1.52 bits per heavy atom. The minimum atomic E-state index is 0.983. The zero-order valence-corrected chi connectivity index (χ0v) is 27.7. The van der Waals surface area contributed by atoms with E-state index in [0.717, 1.165) is 37.6 Å². The number of anilines is 1. The van der Waals surface area contributed by atoms with Gasteiger partial charge in [-0.3, -0.25) is 0 Å². The number of allylic oxidation sites excluding steroid dienone is 8. The molecule has 0 N–H and O–H groups in total. The van der Waals surface area contributed by atoms with Gasteiger partial charge in [0, 0.05) is 80.3 Å². The van der Waals surface area contributed by atoms with Crippen LogP contribution in [0.1, 0.15) is 49.8 Å². The molecule has 0 saturated carbocycles. The Balaban J connectivity index is 0.925. The molecule has 44 heavy (non-hydrogen) atoms. The molecule has 0 amide bonds. The van der Waals surface area contributed by atoms with Crippen molar-refractivity contribution in [2.24, 2.45) is 0 Å².